The third kappa shape index (κ3) is 5.49. The van der Waals surface area contributed by atoms with Crippen molar-refractivity contribution in [2.75, 3.05) is 11.4 Å². The number of pyridine rings is 1. The molecule has 33 heavy (non-hydrogen) atoms. The summed E-state index contributed by atoms with van der Waals surface area (Å²) in [4.78, 5) is 29.6. The number of hydrogen-bond donors (Lipinski definition) is 0. The molecule has 4 rings (SSSR count). The van der Waals surface area contributed by atoms with Gasteiger partial charge in [0, 0.05) is 31.4 Å². The van der Waals surface area contributed by atoms with Crippen LogP contribution >= 0.6 is 22.9 Å². The van der Waals surface area contributed by atoms with Crippen LogP contribution in [0.5, 0.6) is 0 Å². The van der Waals surface area contributed by atoms with Crippen molar-refractivity contribution < 1.29 is 9.53 Å². The lowest BCUT2D eigenvalue weighted by Gasteiger charge is -2.25. The average molecular weight is 481 g/mol. The molecule has 0 atom stereocenters. The van der Waals surface area contributed by atoms with Crippen molar-refractivity contribution in [1.82, 2.24) is 15.0 Å². The first-order valence-electron chi connectivity index (χ1n) is 10.8. The van der Waals surface area contributed by atoms with Crippen LogP contribution in [-0.4, -0.2) is 33.6 Å². The van der Waals surface area contributed by atoms with Crippen LogP contribution in [0.1, 0.15) is 40.3 Å². The summed E-state index contributed by atoms with van der Waals surface area (Å²) in [5.74, 6) is 0.359. The van der Waals surface area contributed by atoms with E-state index in [1.807, 2.05) is 57.2 Å². The van der Waals surface area contributed by atoms with Crippen LogP contribution in [0.3, 0.4) is 0 Å². The number of carbonyl (C=O) groups is 1. The standard InChI is InChI=1S/C25H25ClN4O2S/c1-16(2)32-24(31)21-17(3)20-22(28-25(26)29-23(20)33-21)30(15-18-9-5-4-6-10-18)14-12-19-11-7-8-13-27-19/h4-11,13,16H,12,14-15H2,1-3H3. The van der Waals surface area contributed by atoms with Gasteiger partial charge in [0.05, 0.1) is 11.5 Å². The number of aryl methyl sites for hydroxylation is 1. The van der Waals surface area contributed by atoms with Gasteiger partial charge in [0.25, 0.3) is 0 Å². The number of halogens is 1. The third-order valence-corrected chi connectivity index (χ3v) is 6.49. The van der Waals surface area contributed by atoms with E-state index in [2.05, 4.69) is 32.0 Å². The molecule has 0 radical (unpaired) electrons. The molecular weight excluding hydrogens is 456 g/mol. The molecular formula is C25H25ClN4O2S. The lowest BCUT2D eigenvalue weighted by molar-refractivity contribution is 0.0383. The Morgan fingerprint density at radius 2 is 1.88 bits per heavy atom. The Bertz CT molecular complexity index is 1250. The highest BCUT2D eigenvalue weighted by atomic mass is 35.5. The van der Waals surface area contributed by atoms with E-state index in [1.54, 1.807) is 6.20 Å². The Morgan fingerprint density at radius 3 is 2.58 bits per heavy atom. The molecule has 0 aliphatic rings. The minimum absolute atomic E-state index is 0.151. The predicted molar refractivity (Wildman–Crippen MR) is 133 cm³/mol. The van der Waals surface area contributed by atoms with Crippen molar-refractivity contribution in [1.29, 1.82) is 0 Å². The SMILES string of the molecule is Cc1c(C(=O)OC(C)C)sc2nc(Cl)nc(N(CCc3ccccn3)Cc3ccccc3)c12. The molecule has 0 bridgehead atoms. The Kier molecular flexibility index (Phi) is 7.20. The fourth-order valence-electron chi connectivity index (χ4n) is 3.64. The van der Waals surface area contributed by atoms with Gasteiger partial charge in [0.15, 0.2) is 0 Å². The molecule has 3 heterocycles. The zero-order chi connectivity index (χ0) is 23.4. The largest absolute Gasteiger partial charge is 0.459 e. The highest BCUT2D eigenvalue weighted by molar-refractivity contribution is 7.20. The minimum atomic E-state index is -0.351. The molecule has 0 amide bonds. The lowest BCUT2D eigenvalue weighted by atomic mass is 10.1. The lowest BCUT2D eigenvalue weighted by Crippen LogP contribution is -2.27. The Hall–Kier alpha value is -3.03. The number of esters is 1. The highest BCUT2D eigenvalue weighted by Crippen LogP contribution is 2.37. The summed E-state index contributed by atoms with van der Waals surface area (Å²) in [7, 11) is 0. The van der Waals surface area contributed by atoms with E-state index in [4.69, 9.17) is 16.3 Å². The number of hydrogen-bond acceptors (Lipinski definition) is 7. The molecule has 4 aromatic rings. The van der Waals surface area contributed by atoms with Crippen LogP contribution in [-0.2, 0) is 17.7 Å². The van der Waals surface area contributed by atoms with Crippen LogP contribution in [0.15, 0.2) is 54.7 Å². The Labute approximate surface area is 202 Å². The quantitative estimate of drug-likeness (QED) is 0.232. The first-order chi connectivity index (χ1) is 15.9. The molecule has 0 N–H and O–H groups in total. The number of rotatable bonds is 8. The van der Waals surface area contributed by atoms with Gasteiger partial charge >= 0.3 is 5.97 Å². The smallest absolute Gasteiger partial charge is 0.348 e. The van der Waals surface area contributed by atoms with Crippen LogP contribution in [0.2, 0.25) is 5.28 Å². The number of nitrogens with zero attached hydrogens (tertiary/aromatic N) is 4. The van der Waals surface area contributed by atoms with Crippen molar-refractivity contribution in [2.24, 2.45) is 0 Å². The average Bonchev–Trinajstić information content (AvgIpc) is 3.13. The maximum absolute atomic E-state index is 12.7. The number of anilines is 1. The van der Waals surface area contributed by atoms with Gasteiger partial charge in [-0.1, -0.05) is 36.4 Å². The second kappa shape index (κ2) is 10.3. The topological polar surface area (TPSA) is 68.2 Å². The number of benzene rings is 1. The summed E-state index contributed by atoms with van der Waals surface area (Å²) in [6.07, 6.45) is 2.33. The van der Waals surface area contributed by atoms with Crippen molar-refractivity contribution in [3.05, 3.63) is 81.7 Å². The molecule has 0 fully saturated rings. The van der Waals surface area contributed by atoms with Gasteiger partial charge in [-0.25, -0.2) is 9.78 Å². The molecule has 0 saturated carbocycles. The molecule has 0 aliphatic heterocycles. The fourth-order valence-corrected chi connectivity index (χ4v) is 4.92. The number of aromatic nitrogens is 3. The molecule has 0 aliphatic carbocycles. The van der Waals surface area contributed by atoms with Crippen LogP contribution < -0.4 is 4.90 Å². The van der Waals surface area contributed by atoms with Gasteiger partial charge in [-0.15, -0.1) is 11.3 Å². The predicted octanol–water partition coefficient (Wildman–Crippen LogP) is 5.86. The fraction of sp³-hybridized carbons (Fsp3) is 0.280. The van der Waals surface area contributed by atoms with E-state index in [1.165, 1.54) is 11.3 Å². The Morgan fingerprint density at radius 1 is 1.12 bits per heavy atom. The summed E-state index contributed by atoms with van der Waals surface area (Å²) < 4.78 is 5.45. The van der Waals surface area contributed by atoms with E-state index in [0.29, 0.717) is 28.6 Å². The zero-order valence-corrected chi connectivity index (χ0v) is 20.4. The van der Waals surface area contributed by atoms with Crippen molar-refractivity contribution in [2.45, 2.75) is 39.8 Å². The molecule has 3 aromatic heterocycles. The van der Waals surface area contributed by atoms with Gasteiger partial charge in [-0.05, 0) is 55.6 Å². The van der Waals surface area contributed by atoms with Gasteiger partial charge in [0.1, 0.15) is 15.5 Å². The normalized spacial score (nSPS) is 11.2. The second-order valence-electron chi connectivity index (χ2n) is 7.98. The second-order valence-corrected chi connectivity index (χ2v) is 9.32. The molecule has 8 heteroatoms. The number of fused-ring (bicyclic) bond motifs is 1. The van der Waals surface area contributed by atoms with E-state index in [-0.39, 0.29) is 17.4 Å². The molecule has 6 nitrogen and oxygen atoms in total. The minimum Gasteiger partial charge on any atom is -0.459 e. The number of ether oxygens (including phenoxy) is 1. The zero-order valence-electron chi connectivity index (χ0n) is 18.8. The Balaban J connectivity index is 1.77. The summed E-state index contributed by atoms with van der Waals surface area (Å²) in [5, 5.41) is 0.982. The first-order valence-corrected chi connectivity index (χ1v) is 12.0. The van der Waals surface area contributed by atoms with E-state index in [9.17, 15) is 4.79 Å². The maximum Gasteiger partial charge on any atom is 0.348 e. The van der Waals surface area contributed by atoms with Gasteiger partial charge in [-0.2, -0.15) is 4.98 Å². The van der Waals surface area contributed by atoms with Gasteiger partial charge in [0.2, 0.25) is 5.28 Å². The highest BCUT2D eigenvalue weighted by Gasteiger charge is 2.24. The van der Waals surface area contributed by atoms with Crippen LogP contribution in [0, 0.1) is 6.92 Å². The monoisotopic (exact) mass is 480 g/mol. The van der Waals surface area contributed by atoms with Crippen molar-refractivity contribution >= 4 is 44.9 Å². The van der Waals surface area contributed by atoms with Gasteiger partial charge < -0.3 is 9.64 Å². The summed E-state index contributed by atoms with van der Waals surface area (Å²) >= 11 is 7.63. The molecule has 1 aromatic carbocycles. The molecule has 0 unspecified atom stereocenters. The van der Waals surface area contributed by atoms with Crippen molar-refractivity contribution in [3.8, 4) is 0 Å². The van der Waals surface area contributed by atoms with E-state index in [0.717, 1.165) is 28.6 Å². The first kappa shape index (κ1) is 23.1. The molecule has 0 spiro atoms. The third-order valence-electron chi connectivity index (χ3n) is 5.15. The van der Waals surface area contributed by atoms with Crippen LogP contribution in [0.25, 0.3) is 10.2 Å². The van der Waals surface area contributed by atoms with Gasteiger partial charge in [-0.3, -0.25) is 4.98 Å². The van der Waals surface area contributed by atoms with E-state index < -0.39 is 0 Å². The summed E-state index contributed by atoms with van der Waals surface area (Å²) in [6.45, 7) is 6.90. The number of carbonyl (C=O) groups excluding carboxylic acids is 1. The van der Waals surface area contributed by atoms with E-state index >= 15 is 0 Å². The number of thiophene rings is 1. The molecule has 0 saturated heterocycles. The summed E-state index contributed by atoms with van der Waals surface area (Å²) in [6, 6.07) is 16.1. The molecule has 170 valence electrons. The summed E-state index contributed by atoms with van der Waals surface area (Å²) in [5.41, 5.74) is 2.95. The maximum atomic E-state index is 12.7. The van der Waals surface area contributed by atoms with Crippen LogP contribution in [0.4, 0.5) is 5.82 Å². The van der Waals surface area contributed by atoms with Crippen molar-refractivity contribution in [3.63, 3.8) is 0 Å².